The lowest BCUT2D eigenvalue weighted by molar-refractivity contribution is -0.140. The molecule has 0 saturated carbocycles. The molecule has 0 fully saturated rings. The minimum atomic E-state index is -4.29. The van der Waals surface area contributed by atoms with Crippen molar-refractivity contribution in [2.75, 3.05) is 17.4 Å². The number of carbonyl (C=O) groups excluding carboxylic acids is 2. The molecule has 0 aromatic heterocycles. The van der Waals surface area contributed by atoms with Crippen LogP contribution in [0.1, 0.15) is 30.0 Å². The van der Waals surface area contributed by atoms with E-state index in [1.807, 2.05) is 44.2 Å². The predicted octanol–water partition coefficient (Wildman–Crippen LogP) is 6.80. The van der Waals surface area contributed by atoms with Crippen molar-refractivity contribution in [1.29, 1.82) is 0 Å². The summed E-state index contributed by atoms with van der Waals surface area (Å²) in [5, 5.41) is 3.49. The molecular weight excluding hydrogens is 636 g/mol. The van der Waals surface area contributed by atoms with Gasteiger partial charge < -0.3 is 10.2 Å². The highest BCUT2D eigenvalue weighted by atomic mass is 35.5. The van der Waals surface area contributed by atoms with Gasteiger partial charge in [0.2, 0.25) is 11.8 Å². The molecule has 45 heavy (non-hydrogen) atoms. The summed E-state index contributed by atoms with van der Waals surface area (Å²) in [7, 11) is -4.29. The fourth-order valence-electron chi connectivity index (χ4n) is 4.73. The van der Waals surface area contributed by atoms with Gasteiger partial charge in [-0.3, -0.25) is 13.9 Å². The SMILES string of the molecule is CCCNC(=O)C(Cc1ccccc1)N(Cc1ccc(Cl)c(Cl)c1)C(=O)CN(c1ccc(F)cc1)S(=O)(=O)c1ccc(C)cc1. The molecule has 4 aromatic carbocycles. The van der Waals surface area contributed by atoms with Crippen LogP contribution in [0.3, 0.4) is 0 Å². The van der Waals surface area contributed by atoms with Gasteiger partial charge >= 0.3 is 0 Å². The minimum Gasteiger partial charge on any atom is -0.354 e. The summed E-state index contributed by atoms with van der Waals surface area (Å²) in [6.45, 7) is 3.42. The van der Waals surface area contributed by atoms with E-state index in [9.17, 15) is 22.4 Å². The molecule has 0 heterocycles. The Balaban J connectivity index is 1.80. The van der Waals surface area contributed by atoms with Crippen LogP contribution in [0, 0.1) is 12.7 Å². The number of amides is 2. The molecule has 0 saturated heterocycles. The van der Waals surface area contributed by atoms with Crippen molar-refractivity contribution < 1.29 is 22.4 Å². The van der Waals surface area contributed by atoms with Crippen molar-refractivity contribution in [3.63, 3.8) is 0 Å². The van der Waals surface area contributed by atoms with Crippen molar-refractivity contribution in [1.82, 2.24) is 10.2 Å². The van der Waals surface area contributed by atoms with E-state index in [0.29, 0.717) is 23.6 Å². The van der Waals surface area contributed by atoms with Gasteiger partial charge in [0.25, 0.3) is 10.0 Å². The molecule has 7 nitrogen and oxygen atoms in total. The highest BCUT2D eigenvalue weighted by Gasteiger charge is 2.34. The molecule has 4 aromatic rings. The number of nitrogens with one attached hydrogen (secondary N) is 1. The number of carbonyl (C=O) groups is 2. The highest BCUT2D eigenvalue weighted by Crippen LogP contribution is 2.27. The standard InChI is InChI=1S/C34H34Cl2FN3O4S/c1-3-19-38-34(42)32(21-25-7-5-4-6-8-25)39(22-26-11-18-30(35)31(36)20-26)33(41)23-40(28-14-12-27(37)13-15-28)45(43,44)29-16-9-24(2)10-17-29/h4-18,20,32H,3,19,21-23H2,1-2H3,(H,38,42). The average Bonchev–Trinajstić information content (AvgIpc) is 3.03. The number of nitrogens with zero attached hydrogens (tertiary/aromatic N) is 2. The Bertz CT molecular complexity index is 1720. The summed E-state index contributed by atoms with van der Waals surface area (Å²) in [4.78, 5) is 29.4. The third kappa shape index (κ3) is 8.84. The number of anilines is 1. The van der Waals surface area contributed by atoms with E-state index >= 15 is 0 Å². The predicted molar refractivity (Wildman–Crippen MR) is 176 cm³/mol. The third-order valence-corrected chi connectivity index (χ3v) is 9.69. The lowest BCUT2D eigenvalue weighted by Crippen LogP contribution is -2.53. The van der Waals surface area contributed by atoms with Gasteiger partial charge in [-0.1, -0.05) is 84.2 Å². The molecule has 0 aliphatic rings. The molecule has 2 amide bonds. The van der Waals surface area contributed by atoms with Crippen LogP contribution >= 0.6 is 23.2 Å². The molecule has 4 rings (SSSR count). The number of halogens is 3. The van der Waals surface area contributed by atoms with E-state index in [1.54, 1.807) is 30.3 Å². The number of sulfonamides is 1. The van der Waals surface area contributed by atoms with Crippen LogP contribution < -0.4 is 9.62 Å². The van der Waals surface area contributed by atoms with Gasteiger partial charge in [-0.15, -0.1) is 0 Å². The molecule has 0 spiro atoms. The maximum atomic E-state index is 14.4. The molecule has 11 heteroatoms. The molecule has 1 atom stereocenters. The van der Waals surface area contributed by atoms with E-state index in [1.165, 1.54) is 29.2 Å². The number of benzene rings is 4. The second-order valence-electron chi connectivity index (χ2n) is 10.6. The summed E-state index contributed by atoms with van der Waals surface area (Å²) in [5.74, 6) is -1.59. The third-order valence-electron chi connectivity index (χ3n) is 7.16. The van der Waals surface area contributed by atoms with Crippen molar-refractivity contribution in [3.05, 3.63) is 130 Å². The van der Waals surface area contributed by atoms with Crippen molar-refractivity contribution in [3.8, 4) is 0 Å². The Morgan fingerprint density at radius 3 is 2.16 bits per heavy atom. The van der Waals surface area contributed by atoms with E-state index in [2.05, 4.69) is 5.32 Å². The first kappa shape index (κ1) is 34.0. The van der Waals surface area contributed by atoms with Crippen LogP contribution in [-0.4, -0.2) is 44.3 Å². The zero-order valence-corrected chi connectivity index (χ0v) is 27.2. The zero-order valence-electron chi connectivity index (χ0n) is 24.9. The fraction of sp³-hybridized carbons (Fsp3) is 0.235. The van der Waals surface area contributed by atoms with Gasteiger partial charge in [-0.25, -0.2) is 12.8 Å². The van der Waals surface area contributed by atoms with Crippen molar-refractivity contribution >= 4 is 50.7 Å². The molecule has 1 unspecified atom stereocenters. The van der Waals surface area contributed by atoms with E-state index in [-0.39, 0.29) is 34.5 Å². The molecule has 1 N–H and O–H groups in total. The van der Waals surface area contributed by atoms with Crippen LogP contribution in [0.15, 0.2) is 102 Å². The van der Waals surface area contributed by atoms with Gasteiger partial charge in [-0.2, -0.15) is 0 Å². The van der Waals surface area contributed by atoms with Crippen LogP contribution in [0.2, 0.25) is 10.0 Å². The minimum absolute atomic E-state index is 0.0391. The topological polar surface area (TPSA) is 86.8 Å². The first-order valence-corrected chi connectivity index (χ1v) is 16.6. The maximum Gasteiger partial charge on any atom is 0.264 e. The first-order chi connectivity index (χ1) is 21.5. The summed E-state index contributed by atoms with van der Waals surface area (Å²) in [6, 6.07) is 24.2. The summed E-state index contributed by atoms with van der Waals surface area (Å²) in [5.41, 5.74) is 2.35. The highest BCUT2D eigenvalue weighted by molar-refractivity contribution is 7.92. The quantitative estimate of drug-likeness (QED) is 0.170. The van der Waals surface area contributed by atoms with Crippen molar-refractivity contribution in [2.24, 2.45) is 0 Å². The first-order valence-electron chi connectivity index (χ1n) is 14.4. The molecule has 0 bridgehead atoms. The lowest BCUT2D eigenvalue weighted by atomic mass is 10.0. The average molecular weight is 671 g/mol. The normalized spacial score (nSPS) is 11.9. The summed E-state index contributed by atoms with van der Waals surface area (Å²) < 4.78 is 42.9. The summed E-state index contributed by atoms with van der Waals surface area (Å²) in [6.07, 6.45) is 0.850. The fourth-order valence-corrected chi connectivity index (χ4v) is 6.46. The molecule has 236 valence electrons. The molecule has 0 aliphatic carbocycles. The van der Waals surface area contributed by atoms with E-state index < -0.39 is 34.3 Å². The Labute approximate surface area is 273 Å². The largest absolute Gasteiger partial charge is 0.354 e. The zero-order chi connectivity index (χ0) is 32.6. The second-order valence-corrected chi connectivity index (χ2v) is 13.2. The van der Waals surface area contributed by atoms with Gasteiger partial charge in [-0.05, 0) is 73.0 Å². The van der Waals surface area contributed by atoms with Gasteiger partial charge in [0.15, 0.2) is 0 Å². The maximum absolute atomic E-state index is 14.4. The Kier molecular flexibility index (Phi) is 11.6. The molecular formula is C34H34Cl2FN3O4S. The monoisotopic (exact) mass is 669 g/mol. The van der Waals surface area contributed by atoms with Crippen LogP contribution in [-0.2, 0) is 32.6 Å². The smallest absolute Gasteiger partial charge is 0.264 e. The summed E-state index contributed by atoms with van der Waals surface area (Å²) >= 11 is 12.4. The Hall–Kier alpha value is -3.92. The van der Waals surface area contributed by atoms with Crippen molar-refractivity contribution in [2.45, 2.75) is 44.2 Å². The van der Waals surface area contributed by atoms with Gasteiger partial charge in [0.1, 0.15) is 18.4 Å². The van der Waals surface area contributed by atoms with Crippen LogP contribution in [0.5, 0.6) is 0 Å². The number of aryl methyl sites for hydroxylation is 1. The number of rotatable bonds is 13. The van der Waals surface area contributed by atoms with Gasteiger partial charge in [0, 0.05) is 19.5 Å². The Morgan fingerprint density at radius 2 is 1.53 bits per heavy atom. The van der Waals surface area contributed by atoms with E-state index in [0.717, 1.165) is 27.6 Å². The molecule has 0 radical (unpaired) electrons. The second kappa shape index (κ2) is 15.4. The lowest BCUT2D eigenvalue weighted by Gasteiger charge is -2.34. The van der Waals surface area contributed by atoms with Crippen LogP contribution in [0.25, 0.3) is 0 Å². The number of hydrogen-bond acceptors (Lipinski definition) is 4. The number of hydrogen-bond donors (Lipinski definition) is 1. The van der Waals surface area contributed by atoms with E-state index in [4.69, 9.17) is 23.2 Å². The Morgan fingerprint density at radius 1 is 0.867 bits per heavy atom. The molecule has 0 aliphatic heterocycles. The van der Waals surface area contributed by atoms with Crippen LogP contribution in [0.4, 0.5) is 10.1 Å². The van der Waals surface area contributed by atoms with Gasteiger partial charge in [0.05, 0.1) is 20.6 Å².